The molecule has 1 aromatic carbocycles. The molecular weight excluding hydrogens is 248 g/mol. The van der Waals surface area contributed by atoms with E-state index in [-0.39, 0.29) is 28.4 Å². The summed E-state index contributed by atoms with van der Waals surface area (Å²) in [6.45, 7) is 0. The van der Waals surface area contributed by atoms with Crippen molar-refractivity contribution in [2.75, 3.05) is 0 Å². The van der Waals surface area contributed by atoms with Crippen molar-refractivity contribution in [1.29, 1.82) is 0 Å². The standard InChI is InChI=1S/C10H6O3.H2O3S/c11-7-4-5-9(13)10-6(7)2-1-3-8(10)12;1-4(2)3/h1-5,12H;(H2,1,2,3). The Bertz CT molecular complexity index is 516. The van der Waals surface area contributed by atoms with Gasteiger partial charge in [-0.25, -0.2) is 0 Å². The molecule has 0 heterocycles. The molecule has 2 rings (SSSR count). The van der Waals surface area contributed by atoms with Crippen molar-refractivity contribution in [3.63, 3.8) is 0 Å². The van der Waals surface area contributed by atoms with Gasteiger partial charge in [0.25, 0.3) is 11.4 Å². The van der Waals surface area contributed by atoms with Crippen LogP contribution < -0.4 is 0 Å². The predicted octanol–water partition coefficient (Wildman–Crippen LogP) is 1.01. The van der Waals surface area contributed by atoms with Gasteiger partial charge in [-0.1, -0.05) is 12.1 Å². The molecule has 17 heavy (non-hydrogen) atoms. The quantitative estimate of drug-likeness (QED) is 0.597. The van der Waals surface area contributed by atoms with Crippen molar-refractivity contribution in [1.82, 2.24) is 0 Å². The van der Waals surface area contributed by atoms with Crippen molar-refractivity contribution < 1.29 is 28.0 Å². The largest absolute Gasteiger partial charge is 0.507 e. The number of ketones is 2. The monoisotopic (exact) mass is 256 g/mol. The van der Waals surface area contributed by atoms with E-state index in [0.29, 0.717) is 0 Å². The number of benzene rings is 1. The number of fused-ring (bicyclic) bond motifs is 1. The molecule has 6 nitrogen and oxygen atoms in total. The fourth-order valence-corrected chi connectivity index (χ4v) is 1.33. The number of aromatic hydroxyl groups is 1. The summed E-state index contributed by atoms with van der Waals surface area (Å²) in [7, 11) is 0. The third-order valence-corrected chi connectivity index (χ3v) is 1.94. The molecule has 0 unspecified atom stereocenters. The van der Waals surface area contributed by atoms with Crippen molar-refractivity contribution >= 4 is 22.9 Å². The van der Waals surface area contributed by atoms with Crippen LogP contribution in [0.2, 0.25) is 0 Å². The molecule has 0 saturated heterocycles. The molecule has 0 atom stereocenters. The lowest BCUT2D eigenvalue weighted by atomic mass is 9.94. The maximum Gasteiger partial charge on any atom is 0.299 e. The topological polar surface area (TPSA) is 112 Å². The third kappa shape index (κ3) is 3.31. The third-order valence-electron chi connectivity index (χ3n) is 1.94. The fourth-order valence-electron chi connectivity index (χ4n) is 1.33. The van der Waals surface area contributed by atoms with Gasteiger partial charge in [0.1, 0.15) is 5.75 Å². The number of allylic oxidation sites excluding steroid dienone is 2. The highest BCUT2D eigenvalue weighted by molar-refractivity contribution is 7.73. The van der Waals surface area contributed by atoms with Crippen LogP contribution in [0, 0.1) is 0 Å². The zero-order chi connectivity index (χ0) is 13.0. The van der Waals surface area contributed by atoms with Gasteiger partial charge in [-0.2, -0.15) is 4.21 Å². The molecule has 0 saturated carbocycles. The van der Waals surface area contributed by atoms with Crippen molar-refractivity contribution in [2.24, 2.45) is 0 Å². The molecule has 1 aliphatic rings. The average molecular weight is 256 g/mol. The molecular formula is C10H8O6S. The van der Waals surface area contributed by atoms with Crippen LogP contribution in [0.4, 0.5) is 0 Å². The van der Waals surface area contributed by atoms with Gasteiger partial charge in [0.05, 0.1) is 5.56 Å². The van der Waals surface area contributed by atoms with E-state index in [2.05, 4.69) is 0 Å². The van der Waals surface area contributed by atoms with E-state index in [1.54, 1.807) is 6.07 Å². The summed E-state index contributed by atoms with van der Waals surface area (Å²) in [5, 5.41) is 9.34. The molecule has 0 amide bonds. The molecule has 90 valence electrons. The molecule has 1 aromatic rings. The lowest BCUT2D eigenvalue weighted by Crippen LogP contribution is -2.11. The second-order valence-corrected chi connectivity index (χ2v) is 3.45. The van der Waals surface area contributed by atoms with E-state index in [9.17, 15) is 14.7 Å². The SMILES string of the molecule is O=C1C=CC(=O)c2c(O)cccc21.O=S(O)O. The molecule has 0 aliphatic heterocycles. The Balaban J connectivity index is 0.000000317. The van der Waals surface area contributed by atoms with Gasteiger partial charge in [-0.3, -0.25) is 18.7 Å². The van der Waals surface area contributed by atoms with E-state index < -0.39 is 11.4 Å². The maximum atomic E-state index is 11.3. The minimum absolute atomic E-state index is 0.106. The summed E-state index contributed by atoms with van der Waals surface area (Å²) in [6.07, 6.45) is 2.38. The Labute approximate surface area is 98.7 Å². The molecule has 0 spiro atoms. The van der Waals surface area contributed by atoms with Gasteiger partial charge >= 0.3 is 0 Å². The second-order valence-electron chi connectivity index (χ2n) is 2.99. The number of phenols is 1. The number of phenolic OH excluding ortho intramolecular Hbond substituents is 1. The Morgan fingerprint density at radius 2 is 1.53 bits per heavy atom. The number of carbonyl (C=O) groups is 2. The number of carbonyl (C=O) groups excluding carboxylic acids is 2. The molecule has 0 fully saturated rings. The molecule has 3 N–H and O–H groups in total. The highest BCUT2D eigenvalue weighted by atomic mass is 32.2. The van der Waals surface area contributed by atoms with Crippen molar-refractivity contribution in [2.45, 2.75) is 0 Å². The van der Waals surface area contributed by atoms with Crippen LogP contribution in [0.5, 0.6) is 5.75 Å². The average Bonchev–Trinajstić information content (AvgIpc) is 2.23. The summed E-state index contributed by atoms with van der Waals surface area (Å²) in [5.74, 6) is -0.710. The van der Waals surface area contributed by atoms with Crippen LogP contribution in [0.3, 0.4) is 0 Å². The smallest absolute Gasteiger partial charge is 0.299 e. The Hall–Kier alpha value is -1.83. The van der Waals surface area contributed by atoms with Crippen molar-refractivity contribution in [3.05, 3.63) is 41.5 Å². The first-order valence-electron chi connectivity index (χ1n) is 4.32. The first-order chi connectivity index (χ1) is 7.93. The zero-order valence-corrected chi connectivity index (χ0v) is 9.18. The first kappa shape index (κ1) is 13.2. The summed E-state index contributed by atoms with van der Waals surface area (Å²) >= 11 is -2.61. The van der Waals surface area contributed by atoms with Gasteiger partial charge in [0.15, 0.2) is 11.6 Å². The minimum Gasteiger partial charge on any atom is -0.507 e. The molecule has 0 radical (unpaired) electrons. The van der Waals surface area contributed by atoms with Crippen LogP contribution >= 0.6 is 0 Å². The molecule has 0 aromatic heterocycles. The van der Waals surface area contributed by atoms with Crippen LogP contribution in [0.25, 0.3) is 0 Å². The fraction of sp³-hybridized carbons (Fsp3) is 0. The molecule has 0 bridgehead atoms. The van der Waals surface area contributed by atoms with Gasteiger partial charge < -0.3 is 5.11 Å². The van der Waals surface area contributed by atoms with Gasteiger partial charge in [-0.15, -0.1) is 0 Å². The molecule has 1 aliphatic carbocycles. The molecule has 7 heteroatoms. The number of hydrogen-bond donors (Lipinski definition) is 3. The summed E-state index contributed by atoms with van der Waals surface area (Å²) in [5.41, 5.74) is 0.377. The summed E-state index contributed by atoms with van der Waals surface area (Å²) in [4.78, 5) is 22.5. The van der Waals surface area contributed by atoms with Crippen LogP contribution in [-0.2, 0) is 11.4 Å². The maximum absolute atomic E-state index is 11.3. The second kappa shape index (κ2) is 5.48. The van der Waals surface area contributed by atoms with Crippen LogP contribution in [0.15, 0.2) is 30.4 Å². The van der Waals surface area contributed by atoms with Gasteiger partial charge in [-0.05, 0) is 18.2 Å². The Morgan fingerprint density at radius 3 is 2.06 bits per heavy atom. The van der Waals surface area contributed by atoms with E-state index in [1.807, 2.05) is 0 Å². The lowest BCUT2D eigenvalue weighted by molar-refractivity contribution is 0.0991. The van der Waals surface area contributed by atoms with E-state index in [0.717, 1.165) is 0 Å². The highest BCUT2D eigenvalue weighted by Gasteiger charge is 2.21. The van der Waals surface area contributed by atoms with Crippen LogP contribution in [0.1, 0.15) is 20.7 Å². The summed E-state index contributed by atoms with van der Waals surface area (Å²) in [6, 6.07) is 4.46. The Morgan fingerprint density at radius 1 is 1.00 bits per heavy atom. The lowest BCUT2D eigenvalue weighted by Gasteiger charge is -2.09. The van der Waals surface area contributed by atoms with E-state index >= 15 is 0 Å². The number of hydrogen-bond acceptors (Lipinski definition) is 4. The number of rotatable bonds is 0. The van der Waals surface area contributed by atoms with Crippen LogP contribution in [-0.4, -0.2) is 30.0 Å². The normalized spacial score (nSPS) is 13.1. The van der Waals surface area contributed by atoms with E-state index in [1.165, 1.54) is 24.3 Å². The van der Waals surface area contributed by atoms with E-state index in [4.69, 9.17) is 13.3 Å². The zero-order valence-electron chi connectivity index (χ0n) is 8.36. The highest BCUT2D eigenvalue weighted by Crippen LogP contribution is 2.25. The Kier molecular flexibility index (Phi) is 4.27. The predicted molar refractivity (Wildman–Crippen MR) is 59.3 cm³/mol. The van der Waals surface area contributed by atoms with Gasteiger partial charge in [0, 0.05) is 5.56 Å². The van der Waals surface area contributed by atoms with Gasteiger partial charge in [0.2, 0.25) is 0 Å². The minimum atomic E-state index is -2.61. The van der Waals surface area contributed by atoms with Crippen molar-refractivity contribution in [3.8, 4) is 5.75 Å². The first-order valence-corrected chi connectivity index (χ1v) is 5.38. The summed E-state index contributed by atoms with van der Waals surface area (Å²) < 4.78 is 22.8.